The first-order valence-electron chi connectivity index (χ1n) is 7.98. The van der Waals surface area contributed by atoms with Crippen molar-refractivity contribution in [2.45, 2.75) is 45.2 Å². The number of carbonyl (C=O) groups excluding carboxylic acids is 2. The maximum absolute atomic E-state index is 12.5. The van der Waals surface area contributed by atoms with Crippen molar-refractivity contribution < 1.29 is 9.59 Å². The molecule has 1 aliphatic rings. The van der Waals surface area contributed by atoms with Gasteiger partial charge < -0.3 is 10.6 Å². The highest BCUT2D eigenvalue weighted by Gasteiger charge is 2.31. The van der Waals surface area contributed by atoms with Crippen LogP contribution in [-0.2, 0) is 16.1 Å². The summed E-state index contributed by atoms with van der Waals surface area (Å²) >= 11 is 0. The molecule has 2 aromatic rings. The summed E-state index contributed by atoms with van der Waals surface area (Å²) < 4.78 is 1.84. The largest absolute Gasteiger partial charge is 0.347 e. The van der Waals surface area contributed by atoms with Crippen LogP contribution in [0, 0.1) is 5.92 Å². The number of amides is 2. The maximum atomic E-state index is 12.5. The van der Waals surface area contributed by atoms with E-state index < -0.39 is 6.04 Å². The van der Waals surface area contributed by atoms with Crippen molar-refractivity contribution in [2.24, 2.45) is 5.92 Å². The number of nitrogens with one attached hydrogen (secondary N) is 2. The second-order valence-electron chi connectivity index (χ2n) is 5.99. The highest BCUT2D eigenvalue weighted by atomic mass is 16.2. The van der Waals surface area contributed by atoms with Gasteiger partial charge in [0.2, 0.25) is 11.8 Å². The van der Waals surface area contributed by atoms with Crippen LogP contribution in [0.3, 0.4) is 0 Å². The van der Waals surface area contributed by atoms with E-state index in [2.05, 4.69) is 20.8 Å². The van der Waals surface area contributed by atoms with Gasteiger partial charge in [0.1, 0.15) is 6.04 Å². The molecule has 1 atom stereocenters. The molecule has 1 aliphatic carbocycles. The molecule has 2 aromatic heterocycles. The Kier molecular flexibility index (Phi) is 4.55. The Labute approximate surface area is 134 Å². The summed E-state index contributed by atoms with van der Waals surface area (Å²) in [6.07, 6.45) is 6.04. The molecule has 23 heavy (non-hydrogen) atoms. The molecule has 7 heteroatoms. The van der Waals surface area contributed by atoms with E-state index in [-0.39, 0.29) is 24.3 Å². The molecule has 0 spiro atoms. The van der Waals surface area contributed by atoms with Crippen LogP contribution < -0.4 is 10.6 Å². The molecule has 3 rings (SSSR count). The van der Waals surface area contributed by atoms with Crippen LogP contribution in [0.2, 0.25) is 0 Å². The van der Waals surface area contributed by atoms with Gasteiger partial charge in [-0.25, -0.2) is 0 Å². The zero-order chi connectivity index (χ0) is 16.2. The Morgan fingerprint density at radius 2 is 2.09 bits per heavy atom. The third kappa shape index (κ3) is 3.49. The highest BCUT2D eigenvalue weighted by molar-refractivity contribution is 5.87. The first-order valence-corrected chi connectivity index (χ1v) is 7.98. The lowest BCUT2D eigenvalue weighted by Crippen LogP contribution is -2.49. The first kappa shape index (κ1) is 15.5. The van der Waals surface area contributed by atoms with Crippen LogP contribution in [0.4, 0.5) is 0 Å². The summed E-state index contributed by atoms with van der Waals surface area (Å²) in [4.78, 5) is 23.9. The molecule has 0 aromatic carbocycles. The molecule has 1 fully saturated rings. The smallest absolute Gasteiger partial charge is 0.243 e. The Balaban J connectivity index is 1.67. The summed E-state index contributed by atoms with van der Waals surface area (Å²) in [5, 5.41) is 13.8. The summed E-state index contributed by atoms with van der Waals surface area (Å²) in [6.45, 7) is 1.73. The Hall–Kier alpha value is -2.44. The minimum Gasteiger partial charge on any atom is -0.347 e. The van der Waals surface area contributed by atoms with Crippen LogP contribution in [0.5, 0.6) is 0 Å². The predicted octanol–water partition coefficient (Wildman–Crippen LogP) is 1.04. The Morgan fingerprint density at radius 3 is 2.83 bits per heavy atom. The lowest BCUT2D eigenvalue weighted by molar-refractivity contribution is -0.129. The van der Waals surface area contributed by atoms with Crippen molar-refractivity contribution >= 4 is 17.5 Å². The normalized spacial score (nSPS) is 16.4. The highest BCUT2D eigenvalue weighted by Crippen LogP contribution is 2.27. The molecule has 0 bridgehead atoms. The van der Waals surface area contributed by atoms with Crippen molar-refractivity contribution in [2.75, 3.05) is 0 Å². The molecule has 122 valence electrons. The molecule has 0 radical (unpaired) electrons. The third-order valence-corrected chi connectivity index (χ3v) is 4.32. The van der Waals surface area contributed by atoms with E-state index in [0.717, 1.165) is 31.3 Å². The number of hydrogen-bond acceptors (Lipinski definition) is 4. The Bertz CT molecular complexity index is 705. The average Bonchev–Trinajstić information content (AvgIpc) is 3.20. The van der Waals surface area contributed by atoms with Gasteiger partial charge in [0.25, 0.3) is 0 Å². The molecule has 7 nitrogen and oxygen atoms in total. The molecule has 0 unspecified atom stereocenters. The van der Waals surface area contributed by atoms with Gasteiger partial charge in [-0.05, 0) is 30.9 Å². The number of carbonyl (C=O) groups is 2. The summed E-state index contributed by atoms with van der Waals surface area (Å²) in [6, 6.07) is 5.17. The van der Waals surface area contributed by atoms with E-state index >= 15 is 0 Å². The second-order valence-corrected chi connectivity index (χ2v) is 5.99. The van der Waals surface area contributed by atoms with Crippen molar-refractivity contribution in [3.05, 3.63) is 30.2 Å². The van der Waals surface area contributed by atoms with E-state index in [4.69, 9.17) is 0 Å². The van der Waals surface area contributed by atoms with Crippen LogP contribution in [0.1, 0.15) is 38.4 Å². The summed E-state index contributed by atoms with van der Waals surface area (Å²) in [5.74, 6) is 0.556. The van der Waals surface area contributed by atoms with Gasteiger partial charge in [-0.1, -0.05) is 18.9 Å². The minimum absolute atomic E-state index is 0.153. The topological polar surface area (TPSA) is 88.4 Å². The van der Waals surface area contributed by atoms with Gasteiger partial charge in [0, 0.05) is 13.1 Å². The Morgan fingerprint density at radius 1 is 1.30 bits per heavy atom. The molecule has 2 amide bonds. The van der Waals surface area contributed by atoms with Gasteiger partial charge in [0.05, 0.1) is 6.54 Å². The van der Waals surface area contributed by atoms with Crippen molar-refractivity contribution in [3.63, 3.8) is 0 Å². The predicted molar refractivity (Wildman–Crippen MR) is 84.4 cm³/mol. The molecular formula is C16H21N5O2. The first-order chi connectivity index (χ1) is 11.1. The lowest BCUT2D eigenvalue weighted by atomic mass is 9.97. The van der Waals surface area contributed by atoms with Crippen molar-refractivity contribution in [1.29, 1.82) is 0 Å². The molecule has 2 N–H and O–H groups in total. The second kappa shape index (κ2) is 6.76. The van der Waals surface area contributed by atoms with Gasteiger partial charge in [-0.15, -0.1) is 10.2 Å². The number of hydrogen-bond donors (Lipinski definition) is 2. The van der Waals surface area contributed by atoms with E-state index in [0.29, 0.717) is 5.82 Å². The SMILES string of the molecule is CC(=O)N[C@H](C(=O)NCc1nnc2ccccn12)C1CCCC1. The van der Waals surface area contributed by atoms with Crippen LogP contribution >= 0.6 is 0 Å². The van der Waals surface area contributed by atoms with Gasteiger partial charge >= 0.3 is 0 Å². The molecule has 0 saturated heterocycles. The fraction of sp³-hybridized carbons (Fsp3) is 0.500. The molecule has 0 aliphatic heterocycles. The summed E-state index contributed by atoms with van der Waals surface area (Å²) in [7, 11) is 0. The van der Waals surface area contributed by atoms with Crippen molar-refractivity contribution in [3.8, 4) is 0 Å². The van der Waals surface area contributed by atoms with E-state index in [9.17, 15) is 9.59 Å². The van der Waals surface area contributed by atoms with Gasteiger partial charge in [0.15, 0.2) is 11.5 Å². The molecular weight excluding hydrogens is 294 g/mol. The monoisotopic (exact) mass is 315 g/mol. The van der Waals surface area contributed by atoms with Gasteiger partial charge in [-0.3, -0.25) is 14.0 Å². The maximum Gasteiger partial charge on any atom is 0.243 e. The number of fused-ring (bicyclic) bond motifs is 1. The number of nitrogens with zero attached hydrogens (tertiary/aromatic N) is 3. The molecule has 1 saturated carbocycles. The third-order valence-electron chi connectivity index (χ3n) is 4.32. The fourth-order valence-electron chi connectivity index (χ4n) is 3.19. The molecule has 2 heterocycles. The fourth-order valence-corrected chi connectivity index (χ4v) is 3.19. The number of aromatic nitrogens is 3. The zero-order valence-electron chi connectivity index (χ0n) is 13.2. The summed E-state index contributed by atoms with van der Waals surface area (Å²) in [5.41, 5.74) is 0.742. The van der Waals surface area contributed by atoms with Crippen molar-refractivity contribution in [1.82, 2.24) is 25.2 Å². The van der Waals surface area contributed by atoms with Crippen LogP contribution in [0.25, 0.3) is 5.65 Å². The van der Waals surface area contributed by atoms with E-state index in [1.54, 1.807) is 0 Å². The number of pyridine rings is 1. The van der Waals surface area contributed by atoms with E-state index in [1.807, 2.05) is 28.8 Å². The van der Waals surface area contributed by atoms with E-state index in [1.165, 1.54) is 6.92 Å². The zero-order valence-corrected chi connectivity index (χ0v) is 13.2. The minimum atomic E-state index is -0.464. The quantitative estimate of drug-likeness (QED) is 0.863. The average molecular weight is 315 g/mol. The van der Waals surface area contributed by atoms with Gasteiger partial charge in [-0.2, -0.15) is 0 Å². The number of rotatable bonds is 5. The standard InChI is InChI=1S/C16H21N5O2/c1-11(22)18-15(12-6-2-3-7-12)16(23)17-10-14-20-19-13-8-4-5-9-21(13)14/h4-5,8-9,12,15H,2-3,6-7,10H2,1H3,(H,17,23)(H,18,22)/t15-/m0/s1. The van der Waals surface area contributed by atoms with Crippen LogP contribution in [0.15, 0.2) is 24.4 Å². The lowest BCUT2D eigenvalue weighted by Gasteiger charge is -2.23. The van der Waals surface area contributed by atoms with Crippen LogP contribution in [-0.4, -0.2) is 32.5 Å².